The standard InChI is InChI=1S/C18H23ClN2/c19-18-15(12-14-8-6-7-11-17(14)21-18)13-20-16-9-4-2-1-3-5-10-16/h6-8,11-12,16,20H,1-5,9-10,13H2. The molecule has 0 bridgehead atoms. The number of hydrogen-bond donors (Lipinski definition) is 1. The maximum atomic E-state index is 6.33. The average molecular weight is 303 g/mol. The van der Waals surface area contributed by atoms with Crippen LogP contribution < -0.4 is 5.32 Å². The first-order valence-electron chi connectivity index (χ1n) is 8.10. The van der Waals surface area contributed by atoms with Gasteiger partial charge in [0.2, 0.25) is 0 Å². The van der Waals surface area contributed by atoms with Crippen LogP contribution >= 0.6 is 11.6 Å². The minimum absolute atomic E-state index is 0.632. The van der Waals surface area contributed by atoms with Crippen LogP contribution in [0.15, 0.2) is 30.3 Å². The molecule has 2 aromatic rings. The van der Waals surface area contributed by atoms with Crippen LogP contribution in [-0.4, -0.2) is 11.0 Å². The van der Waals surface area contributed by atoms with E-state index in [1.165, 1.54) is 44.9 Å². The number of aromatic nitrogens is 1. The minimum atomic E-state index is 0.632. The number of benzene rings is 1. The van der Waals surface area contributed by atoms with Crippen molar-refractivity contribution < 1.29 is 0 Å². The average Bonchev–Trinajstić information content (AvgIpc) is 2.46. The Bertz CT molecular complexity index is 589. The highest BCUT2D eigenvalue weighted by atomic mass is 35.5. The smallest absolute Gasteiger partial charge is 0.134 e. The first kappa shape index (κ1) is 14.8. The Hall–Kier alpha value is -1.12. The van der Waals surface area contributed by atoms with Gasteiger partial charge in [0, 0.05) is 23.5 Å². The van der Waals surface area contributed by atoms with E-state index in [2.05, 4.69) is 22.4 Å². The SMILES string of the molecule is Clc1nc2ccccc2cc1CNC1CCCCCCC1. The molecule has 1 aliphatic rings. The van der Waals surface area contributed by atoms with Gasteiger partial charge in [0.1, 0.15) is 5.15 Å². The number of nitrogens with zero attached hydrogens (tertiary/aromatic N) is 1. The molecule has 1 saturated carbocycles. The number of hydrogen-bond acceptors (Lipinski definition) is 2. The van der Waals surface area contributed by atoms with E-state index in [0.29, 0.717) is 11.2 Å². The Balaban J connectivity index is 1.67. The number of rotatable bonds is 3. The first-order chi connectivity index (χ1) is 10.3. The monoisotopic (exact) mass is 302 g/mol. The zero-order valence-corrected chi connectivity index (χ0v) is 13.2. The van der Waals surface area contributed by atoms with E-state index in [-0.39, 0.29) is 0 Å². The molecule has 2 nitrogen and oxygen atoms in total. The summed E-state index contributed by atoms with van der Waals surface area (Å²) in [6.07, 6.45) is 9.46. The molecule has 1 aromatic heterocycles. The predicted molar refractivity (Wildman–Crippen MR) is 89.7 cm³/mol. The molecule has 0 atom stereocenters. The third-order valence-corrected chi connectivity index (χ3v) is 4.76. The molecule has 1 fully saturated rings. The summed E-state index contributed by atoms with van der Waals surface area (Å²) in [5, 5.41) is 5.48. The van der Waals surface area contributed by atoms with E-state index in [4.69, 9.17) is 11.6 Å². The number of fused-ring (bicyclic) bond motifs is 1. The number of pyridine rings is 1. The molecule has 0 saturated heterocycles. The zero-order valence-electron chi connectivity index (χ0n) is 12.4. The van der Waals surface area contributed by atoms with E-state index >= 15 is 0 Å². The molecule has 21 heavy (non-hydrogen) atoms. The summed E-state index contributed by atoms with van der Waals surface area (Å²) in [7, 11) is 0. The zero-order chi connectivity index (χ0) is 14.5. The van der Waals surface area contributed by atoms with Gasteiger partial charge < -0.3 is 5.32 Å². The van der Waals surface area contributed by atoms with Gasteiger partial charge in [0.05, 0.1) is 5.52 Å². The lowest BCUT2D eigenvalue weighted by atomic mass is 9.96. The molecule has 0 spiro atoms. The van der Waals surface area contributed by atoms with Crippen molar-refractivity contribution in [1.82, 2.24) is 10.3 Å². The van der Waals surface area contributed by atoms with Crippen LogP contribution in [0.1, 0.15) is 50.5 Å². The minimum Gasteiger partial charge on any atom is -0.310 e. The predicted octanol–water partition coefficient (Wildman–Crippen LogP) is 5.09. The van der Waals surface area contributed by atoms with Crippen LogP contribution in [0.25, 0.3) is 10.9 Å². The van der Waals surface area contributed by atoms with Gasteiger partial charge in [-0.3, -0.25) is 0 Å². The highest BCUT2D eigenvalue weighted by Crippen LogP contribution is 2.22. The van der Waals surface area contributed by atoms with E-state index in [1.807, 2.05) is 18.2 Å². The van der Waals surface area contributed by atoms with Gasteiger partial charge in [-0.15, -0.1) is 0 Å². The highest BCUT2D eigenvalue weighted by molar-refractivity contribution is 6.30. The van der Waals surface area contributed by atoms with Crippen LogP contribution in [0.2, 0.25) is 5.15 Å². The second kappa shape index (κ2) is 7.24. The van der Waals surface area contributed by atoms with Crippen molar-refractivity contribution in [2.24, 2.45) is 0 Å². The fraction of sp³-hybridized carbons (Fsp3) is 0.500. The van der Waals surface area contributed by atoms with Crippen molar-refractivity contribution in [2.75, 3.05) is 0 Å². The largest absolute Gasteiger partial charge is 0.310 e. The fourth-order valence-corrected chi connectivity index (χ4v) is 3.39. The molecule has 0 unspecified atom stereocenters. The molecule has 0 amide bonds. The maximum Gasteiger partial charge on any atom is 0.134 e. The molecule has 1 heterocycles. The summed E-state index contributed by atoms with van der Waals surface area (Å²) in [6, 6.07) is 10.9. The van der Waals surface area contributed by atoms with Crippen molar-refractivity contribution in [3.8, 4) is 0 Å². The first-order valence-corrected chi connectivity index (χ1v) is 8.48. The molecule has 1 N–H and O–H groups in total. The second-order valence-corrected chi connectivity index (χ2v) is 6.41. The Kier molecular flexibility index (Phi) is 5.10. The Morgan fingerprint density at radius 2 is 1.76 bits per heavy atom. The molecule has 1 aliphatic carbocycles. The molecule has 3 rings (SSSR count). The third kappa shape index (κ3) is 3.96. The summed E-state index contributed by atoms with van der Waals surface area (Å²) >= 11 is 6.33. The molecule has 112 valence electrons. The van der Waals surface area contributed by atoms with Crippen molar-refractivity contribution in [1.29, 1.82) is 0 Å². The fourth-order valence-electron chi connectivity index (χ4n) is 3.17. The van der Waals surface area contributed by atoms with Gasteiger partial charge in [-0.2, -0.15) is 0 Å². The molecule has 1 aromatic carbocycles. The van der Waals surface area contributed by atoms with Crippen LogP contribution in [0.5, 0.6) is 0 Å². The Labute approximate surface area is 131 Å². The van der Waals surface area contributed by atoms with E-state index in [9.17, 15) is 0 Å². The van der Waals surface area contributed by atoms with Gasteiger partial charge in [-0.05, 0) is 25.0 Å². The normalized spacial score (nSPS) is 17.6. The Morgan fingerprint density at radius 1 is 1.05 bits per heavy atom. The summed E-state index contributed by atoms with van der Waals surface area (Å²) in [5.74, 6) is 0. The Morgan fingerprint density at radius 3 is 2.57 bits per heavy atom. The lowest BCUT2D eigenvalue weighted by molar-refractivity contribution is 0.389. The summed E-state index contributed by atoms with van der Waals surface area (Å²) in [5.41, 5.74) is 2.08. The lowest BCUT2D eigenvalue weighted by Gasteiger charge is -2.21. The van der Waals surface area contributed by atoms with Crippen molar-refractivity contribution >= 4 is 22.5 Å². The topological polar surface area (TPSA) is 24.9 Å². The molecule has 3 heteroatoms. The number of halogens is 1. The van der Waals surface area contributed by atoms with Gasteiger partial charge in [-0.1, -0.05) is 61.9 Å². The van der Waals surface area contributed by atoms with E-state index in [1.54, 1.807) is 0 Å². The van der Waals surface area contributed by atoms with Crippen LogP contribution in [0.3, 0.4) is 0 Å². The van der Waals surface area contributed by atoms with E-state index < -0.39 is 0 Å². The van der Waals surface area contributed by atoms with Gasteiger partial charge >= 0.3 is 0 Å². The summed E-state index contributed by atoms with van der Waals surface area (Å²) in [4.78, 5) is 4.50. The third-order valence-electron chi connectivity index (χ3n) is 4.44. The van der Waals surface area contributed by atoms with Crippen LogP contribution in [0, 0.1) is 0 Å². The van der Waals surface area contributed by atoms with Crippen LogP contribution in [0.4, 0.5) is 0 Å². The van der Waals surface area contributed by atoms with Gasteiger partial charge in [0.25, 0.3) is 0 Å². The van der Waals surface area contributed by atoms with Crippen molar-refractivity contribution in [2.45, 2.75) is 57.5 Å². The highest BCUT2D eigenvalue weighted by Gasteiger charge is 2.12. The lowest BCUT2D eigenvalue weighted by Crippen LogP contribution is -2.29. The molecule has 0 radical (unpaired) electrons. The van der Waals surface area contributed by atoms with Crippen molar-refractivity contribution in [3.05, 3.63) is 41.0 Å². The quantitative estimate of drug-likeness (QED) is 0.799. The molecular weight excluding hydrogens is 280 g/mol. The second-order valence-electron chi connectivity index (χ2n) is 6.05. The van der Waals surface area contributed by atoms with Gasteiger partial charge in [-0.25, -0.2) is 4.98 Å². The summed E-state index contributed by atoms with van der Waals surface area (Å²) < 4.78 is 0. The van der Waals surface area contributed by atoms with Crippen LogP contribution in [-0.2, 0) is 6.54 Å². The number of para-hydroxylation sites is 1. The van der Waals surface area contributed by atoms with Gasteiger partial charge in [0.15, 0.2) is 0 Å². The maximum absolute atomic E-state index is 6.33. The molecule has 0 aliphatic heterocycles. The van der Waals surface area contributed by atoms with Crippen molar-refractivity contribution in [3.63, 3.8) is 0 Å². The summed E-state index contributed by atoms with van der Waals surface area (Å²) in [6.45, 7) is 0.821. The molecular formula is C18H23ClN2. The number of nitrogens with one attached hydrogen (secondary N) is 1. The van der Waals surface area contributed by atoms with E-state index in [0.717, 1.165) is 23.0 Å².